The van der Waals surface area contributed by atoms with Gasteiger partial charge in [0.15, 0.2) is 6.10 Å². The number of amides is 7. The molecule has 48 heavy (non-hydrogen) atoms. The van der Waals surface area contributed by atoms with Crippen LogP contribution in [0.3, 0.4) is 0 Å². The van der Waals surface area contributed by atoms with Gasteiger partial charge in [-0.2, -0.15) is 13.2 Å². The summed E-state index contributed by atoms with van der Waals surface area (Å²) < 4.78 is 39.3. The number of carbonyl (C=O) groups is 6. The molecule has 0 bridgehead atoms. The Kier molecular flexibility index (Phi) is 14.7. The molecule has 0 radical (unpaired) electrons. The Hall–Kier alpha value is -3.83. The Morgan fingerprint density at radius 3 is 1.73 bits per heavy atom. The van der Waals surface area contributed by atoms with Crippen molar-refractivity contribution in [3.8, 4) is 0 Å². The summed E-state index contributed by atoms with van der Waals surface area (Å²) in [6.07, 6.45) is -6.94. The summed E-state index contributed by atoms with van der Waals surface area (Å²) in [6.45, 7) is 13.1. The van der Waals surface area contributed by atoms with Crippen LogP contribution in [0.25, 0.3) is 0 Å². The number of likely N-dealkylation sites (N-methyl/N-ethyl adjacent to an activating group) is 2. The largest absolute Gasteiger partial charge is 0.480 e. The second-order valence-electron chi connectivity index (χ2n) is 12.7. The zero-order valence-electron chi connectivity index (χ0n) is 28.5. The molecule has 3 fully saturated rings. The monoisotopic (exact) mass is 693 g/mol. The van der Waals surface area contributed by atoms with Crippen molar-refractivity contribution in [3.05, 3.63) is 0 Å². The Morgan fingerprint density at radius 2 is 1.31 bits per heavy atom. The van der Waals surface area contributed by atoms with E-state index in [-0.39, 0.29) is 44.0 Å². The highest BCUT2D eigenvalue weighted by molar-refractivity contribution is 5.94. The second-order valence-corrected chi connectivity index (χ2v) is 12.7. The summed E-state index contributed by atoms with van der Waals surface area (Å²) >= 11 is 0. The lowest BCUT2D eigenvalue weighted by Gasteiger charge is -2.33. The van der Waals surface area contributed by atoms with Gasteiger partial charge < -0.3 is 45.3 Å². The smallest absolute Gasteiger partial charge is 0.416 e. The maximum absolute atomic E-state index is 13.4. The predicted molar refractivity (Wildman–Crippen MR) is 166 cm³/mol. The number of hydrogen-bond acceptors (Lipinski definition) is 7. The number of carboxylic acid groups (broad SMARTS) is 1. The van der Waals surface area contributed by atoms with Gasteiger partial charge >= 0.3 is 24.2 Å². The third kappa shape index (κ3) is 10.6. The normalized spacial score (nSPS) is 20.2. The van der Waals surface area contributed by atoms with Crippen LogP contribution in [0.5, 0.6) is 0 Å². The van der Waals surface area contributed by atoms with Crippen molar-refractivity contribution in [2.45, 2.75) is 84.8 Å². The van der Waals surface area contributed by atoms with Gasteiger partial charge in [-0.05, 0) is 38.5 Å². The number of hydrogen-bond donors (Lipinski definition) is 4. The summed E-state index contributed by atoms with van der Waals surface area (Å²) in [5.41, 5.74) is 0. The van der Waals surface area contributed by atoms with E-state index in [4.69, 9.17) is 5.11 Å². The van der Waals surface area contributed by atoms with Crippen molar-refractivity contribution >= 4 is 35.8 Å². The summed E-state index contributed by atoms with van der Waals surface area (Å²) in [4.78, 5) is 80.0. The van der Waals surface area contributed by atoms with E-state index in [1.807, 2.05) is 13.8 Å². The lowest BCUT2D eigenvalue weighted by atomic mass is 9.97. The predicted octanol–water partition coefficient (Wildman–Crippen LogP) is 0.768. The number of likely N-dealkylation sites (tertiary alicyclic amines) is 1. The molecule has 0 unspecified atom stereocenters. The standard InChI is InChI=1S/C23H38F3N5O5.C7H12N2O3/c1-6-29-10-11-30(22(29)36)12-16(32)27-18(14(4)5)21(35)31-9-7-8-15(31)20(34)28-17(13(2)3)19(33)23(24,25)26;1-2-8-3-4-9(7(8)12)5-6(10)11/h13-15,17-19,33H,6-12H2,1-5H3,(H,27,32)(H,28,34);2-5H2,1H3,(H,10,11)/t15-,17-,18-,19-;/m0./s1. The first-order chi connectivity index (χ1) is 22.3. The van der Waals surface area contributed by atoms with Gasteiger partial charge in [0.25, 0.3) is 0 Å². The van der Waals surface area contributed by atoms with Crippen molar-refractivity contribution in [2.24, 2.45) is 11.8 Å². The Bertz CT molecular complexity index is 1170. The minimum Gasteiger partial charge on any atom is -0.480 e. The molecule has 3 aliphatic rings. The van der Waals surface area contributed by atoms with Crippen LogP contribution in [-0.2, 0) is 19.2 Å². The summed E-state index contributed by atoms with van der Waals surface area (Å²) in [6, 6.07) is -3.99. The van der Waals surface area contributed by atoms with Crippen LogP contribution in [0, 0.1) is 11.8 Å². The molecule has 0 aliphatic carbocycles. The molecule has 0 aromatic heterocycles. The van der Waals surface area contributed by atoms with Crippen molar-refractivity contribution in [3.63, 3.8) is 0 Å². The molecule has 0 saturated carbocycles. The molecule has 0 aromatic rings. The number of alkyl halides is 3. The first-order valence-electron chi connectivity index (χ1n) is 16.3. The molecule has 0 aromatic carbocycles. The third-order valence-corrected chi connectivity index (χ3v) is 8.58. The van der Waals surface area contributed by atoms with Crippen molar-refractivity contribution < 1.29 is 52.2 Å². The number of aliphatic hydroxyl groups is 1. The van der Waals surface area contributed by atoms with Gasteiger partial charge in [-0.1, -0.05) is 27.7 Å². The molecule has 18 heteroatoms. The topological polar surface area (TPSA) is 183 Å². The fourth-order valence-corrected chi connectivity index (χ4v) is 5.77. The first-order valence-corrected chi connectivity index (χ1v) is 16.3. The van der Waals surface area contributed by atoms with Gasteiger partial charge in [-0.25, -0.2) is 9.59 Å². The van der Waals surface area contributed by atoms with E-state index < -0.39 is 60.0 Å². The van der Waals surface area contributed by atoms with Gasteiger partial charge in [0.2, 0.25) is 17.7 Å². The summed E-state index contributed by atoms with van der Waals surface area (Å²) in [5, 5.41) is 23.1. The number of aliphatic hydroxyl groups excluding tert-OH is 1. The quantitative estimate of drug-likeness (QED) is 0.218. The molecule has 4 N–H and O–H groups in total. The van der Waals surface area contributed by atoms with E-state index in [1.54, 1.807) is 23.6 Å². The SMILES string of the molecule is CCN1CCN(CC(=O)N[C@H](C(=O)N2CCC[C@H]2C(=O)N[C@@H](C(C)C)[C@H](O)C(F)(F)F)C(C)C)C1=O.CCN1CCN(CC(=O)O)C1=O. The first kappa shape index (κ1) is 40.3. The van der Waals surface area contributed by atoms with E-state index in [9.17, 15) is 47.0 Å². The van der Waals surface area contributed by atoms with E-state index in [1.165, 1.54) is 28.5 Å². The summed E-state index contributed by atoms with van der Waals surface area (Å²) in [5.74, 6) is -3.82. The van der Waals surface area contributed by atoms with Gasteiger partial charge in [-0.15, -0.1) is 0 Å². The number of carbonyl (C=O) groups excluding carboxylic acids is 5. The molecule has 3 aliphatic heterocycles. The zero-order chi connectivity index (χ0) is 36.5. The number of nitrogens with zero attached hydrogens (tertiary/aromatic N) is 5. The van der Waals surface area contributed by atoms with E-state index in [0.29, 0.717) is 45.7 Å². The highest BCUT2D eigenvalue weighted by Gasteiger charge is 2.47. The molecule has 3 saturated heterocycles. The minimum absolute atomic E-state index is 0.167. The fraction of sp³-hybridized carbons (Fsp3) is 0.800. The average molecular weight is 694 g/mol. The molecule has 3 heterocycles. The van der Waals surface area contributed by atoms with Gasteiger partial charge in [0.05, 0.1) is 6.04 Å². The Morgan fingerprint density at radius 1 is 0.812 bits per heavy atom. The van der Waals surface area contributed by atoms with Crippen LogP contribution in [0.15, 0.2) is 0 Å². The highest BCUT2D eigenvalue weighted by atomic mass is 19.4. The molecule has 0 spiro atoms. The molecule has 15 nitrogen and oxygen atoms in total. The van der Waals surface area contributed by atoms with Crippen LogP contribution in [-0.4, -0.2) is 160 Å². The minimum atomic E-state index is -4.91. The van der Waals surface area contributed by atoms with Crippen LogP contribution >= 0.6 is 0 Å². The highest BCUT2D eigenvalue weighted by Crippen LogP contribution is 2.27. The van der Waals surface area contributed by atoms with Crippen molar-refractivity contribution in [2.75, 3.05) is 58.9 Å². The zero-order valence-corrected chi connectivity index (χ0v) is 28.5. The number of rotatable bonds is 13. The lowest BCUT2D eigenvalue weighted by molar-refractivity contribution is -0.215. The molecule has 4 atom stereocenters. The second kappa shape index (κ2) is 17.5. The van der Waals surface area contributed by atoms with E-state index >= 15 is 0 Å². The number of aliphatic carboxylic acids is 1. The van der Waals surface area contributed by atoms with Crippen molar-refractivity contribution in [1.82, 2.24) is 35.1 Å². The lowest BCUT2D eigenvalue weighted by Crippen LogP contribution is -2.59. The van der Waals surface area contributed by atoms with Gasteiger partial charge in [-0.3, -0.25) is 19.2 Å². The van der Waals surface area contributed by atoms with Crippen LogP contribution in [0.2, 0.25) is 0 Å². The van der Waals surface area contributed by atoms with Crippen molar-refractivity contribution in [1.29, 1.82) is 0 Å². The maximum Gasteiger partial charge on any atom is 0.416 e. The van der Waals surface area contributed by atoms with Crippen LogP contribution in [0.1, 0.15) is 54.4 Å². The van der Waals surface area contributed by atoms with Gasteiger partial charge in [0, 0.05) is 45.8 Å². The Labute approximate surface area is 278 Å². The van der Waals surface area contributed by atoms with Crippen LogP contribution < -0.4 is 10.6 Å². The average Bonchev–Trinajstić information content (AvgIpc) is 3.72. The molecule has 274 valence electrons. The molecular weight excluding hydrogens is 643 g/mol. The summed E-state index contributed by atoms with van der Waals surface area (Å²) in [7, 11) is 0. The third-order valence-electron chi connectivity index (χ3n) is 8.58. The molecule has 7 amide bonds. The number of nitrogens with one attached hydrogen (secondary N) is 2. The van der Waals surface area contributed by atoms with E-state index in [0.717, 1.165) is 0 Å². The fourth-order valence-electron chi connectivity index (χ4n) is 5.77. The maximum atomic E-state index is 13.4. The number of carboxylic acids is 1. The Balaban J connectivity index is 0.000000558. The molecule has 3 rings (SSSR count). The molecular formula is C30H50F3N7O8. The van der Waals surface area contributed by atoms with Crippen LogP contribution in [0.4, 0.5) is 22.8 Å². The van der Waals surface area contributed by atoms with E-state index in [2.05, 4.69) is 10.6 Å². The number of halogens is 3. The number of urea groups is 2. The van der Waals surface area contributed by atoms with Gasteiger partial charge in [0.1, 0.15) is 25.2 Å².